The van der Waals surface area contributed by atoms with Gasteiger partial charge in [0.25, 0.3) is 0 Å². The van der Waals surface area contributed by atoms with Crippen LogP contribution in [0, 0.1) is 0 Å². The third-order valence-electron chi connectivity index (χ3n) is 2.96. The minimum atomic E-state index is 1.21. The number of rotatable bonds is 10. The van der Waals surface area contributed by atoms with Gasteiger partial charge in [0.15, 0.2) is 0 Å². The fraction of sp³-hybridized carbons (Fsp3) is 0.812. The highest BCUT2D eigenvalue weighted by atomic mass is 14.0. The first-order valence-electron chi connectivity index (χ1n) is 7.21. The summed E-state index contributed by atoms with van der Waals surface area (Å²) in [6, 6.07) is 0. The molecule has 0 aromatic carbocycles. The summed E-state index contributed by atoms with van der Waals surface area (Å²) < 4.78 is 0. The van der Waals surface area contributed by atoms with E-state index in [0.29, 0.717) is 0 Å². The van der Waals surface area contributed by atoms with Gasteiger partial charge in [-0.1, -0.05) is 52.4 Å². The minimum absolute atomic E-state index is 1.21. The van der Waals surface area contributed by atoms with Crippen molar-refractivity contribution in [3.05, 3.63) is 17.4 Å². The van der Waals surface area contributed by atoms with Crippen molar-refractivity contribution in [1.82, 2.24) is 0 Å². The summed E-state index contributed by atoms with van der Waals surface area (Å²) in [6.07, 6.45) is 15.6. The maximum absolute atomic E-state index is 3.43. The van der Waals surface area contributed by atoms with Gasteiger partial charge in [0.2, 0.25) is 0 Å². The summed E-state index contributed by atoms with van der Waals surface area (Å²) in [5.41, 5.74) is 4.86. The molecule has 0 radical (unpaired) electrons. The second-order valence-electron chi connectivity index (χ2n) is 4.79. The molecule has 0 fully saturated rings. The quantitative estimate of drug-likeness (QED) is 0.313. The van der Waals surface area contributed by atoms with Crippen LogP contribution in [0.2, 0.25) is 0 Å². The molecule has 0 bridgehead atoms. The molecule has 0 aliphatic rings. The molecule has 0 amide bonds. The van der Waals surface area contributed by atoms with E-state index < -0.39 is 0 Å². The molecule has 0 heteroatoms. The Morgan fingerprint density at radius 2 is 1.50 bits per heavy atom. The van der Waals surface area contributed by atoms with Crippen molar-refractivity contribution in [1.29, 1.82) is 0 Å². The number of unbranched alkanes of at least 4 members (excludes halogenated alkanes) is 7. The summed E-state index contributed by atoms with van der Waals surface area (Å²) in [6.45, 7) is 6.74. The number of allylic oxidation sites excluding steroid dienone is 1. The van der Waals surface area contributed by atoms with Gasteiger partial charge in [-0.25, -0.2) is 0 Å². The maximum Gasteiger partial charge on any atom is -0.0247 e. The topological polar surface area (TPSA) is 0 Å². The first-order valence-corrected chi connectivity index (χ1v) is 7.21. The lowest BCUT2D eigenvalue weighted by Crippen LogP contribution is -1.78. The van der Waals surface area contributed by atoms with Crippen molar-refractivity contribution >= 4 is 0 Å². The van der Waals surface area contributed by atoms with Crippen LogP contribution in [-0.4, -0.2) is 0 Å². The van der Waals surface area contributed by atoms with Crippen molar-refractivity contribution in [3.8, 4) is 0 Å². The van der Waals surface area contributed by atoms with Crippen LogP contribution in [0.3, 0.4) is 0 Å². The Bertz CT molecular complexity index is 194. The van der Waals surface area contributed by atoms with Gasteiger partial charge in [-0.05, 0) is 44.3 Å². The zero-order chi connectivity index (χ0) is 12.1. The third-order valence-corrected chi connectivity index (χ3v) is 2.96. The van der Waals surface area contributed by atoms with E-state index in [2.05, 4.69) is 32.6 Å². The van der Waals surface area contributed by atoms with E-state index in [9.17, 15) is 0 Å². The Hall–Kier alpha value is -0.480. The largest absolute Gasteiger partial charge is 0.126 e. The van der Waals surface area contributed by atoms with Crippen molar-refractivity contribution in [2.45, 2.75) is 85.0 Å². The molecule has 0 unspecified atom stereocenters. The van der Waals surface area contributed by atoms with Crippen LogP contribution in [0.15, 0.2) is 17.4 Å². The highest BCUT2D eigenvalue weighted by molar-refractivity contribution is 4.97. The lowest BCUT2D eigenvalue weighted by atomic mass is 10.1. The van der Waals surface area contributed by atoms with Crippen molar-refractivity contribution in [2.75, 3.05) is 0 Å². The monoisotopic (exact) mass is 222 g/mol. The fourth-order valence-electron chi connectivity index (χ4n) is 1.81. The molecule has 0 nitrogen and oxygen atoms in total. The Morgan fingerprint density at radius 1 is 0.875 bits per heavy atom. The van der Waals surface area contributed by atoms with E-state index in [1.54, 1.807) is 0 Å². The van der Waals surface area contributed by atoms with Crippen LogP contribution < -0.4 is 0 Å². The van der Waals surface area contributed by atoms with Gasteiger partial charge in [0.1, 0.15) is 0 Å². The molecular formula is C16H30. The molecule has 0 aliphatic heterocycles. The minimum Gasteiger partial charge on any atom is -0.126 e. The molecule has 16 heavy (non-hydrogen) atoms. The standard InChI is InChI=1S/C16H30/c1-4-6-8-10-11-13-15-16(3)14-12-9-7-5-2/h13H,4-12,14H2,1-3H3. The summed E-state index contributed by atoms with van der Waals surface area (Å²) in [5, 5.41) is 0. The Labute approximate surface area is 103 Å². The van der Waals surface area contributed by atoms with E-state index in [0.717, 1.165) is 0 Å². The molecule has 0 N–H and O–H groups in total. The van der Waals surface area contributed by atoms with Gasteiger partial charge in [-0.3, -0.25) is 0 Å². The molecule has 0 aliphatic carbocycles. The Balaban J connectivity index is 3.47. The zero-order valence-corrected chi connectivity index (χ0v) is 11.6. The van der Waals surface area contributed by atoms with Crippen molar-refractivity contribution in [2.24, 2.45) is 0 Å². The summed E-state index contributed by atoms with van der Waals surface area (Å²) in [7, 11) is 0. The number of hydrogen-bond acceptors (Lipinski definition) is 0. The van der Waals surface area contributed by atoms with E-state index in [-0.39, 0.29) is 0 Å². The molecule has 0 aromatic heterocycles. The van der Waals surface area contributed by atoms with Crippen LogP contribution in [0.1, 0.15) is 85.0 Å². The second kappa shape index (κ2) is 12.6. The van der Waals surface area contributed by atoms with Gasteiger partial charge in [-0.15, -0.1) is 5.73 Å². The smallest absolute Gasteiger partial charge is 0.0247 e. The van der Waals surface area contributed by atoms with Crippen LogP contribution in [0.5, 0.6) is 0 Å². The lowest BCUT2D eigenvalue weighted by molar-refractivity contribution is 0.664. The molecule has 0 saturated heterocycles. The fourth-order valence-corrected chi connectivity index (χ4v) is 1.81. The normalized spacial score (nSPS) is 9.94. The maximum atomic E-state index is 3.43. The summed E-state index contributed by atoms with van der Waals surface area (Å²) in [5.74, 6) is 0. The third kappa shape index (κ3) is 11.6. The van der Waals surface area contributed by atoms with Crippen molar-refractivity contribution in [3.63, 3.8) is 0 Å². The summed E-state index contributed by atoms with van der Waals surface area (Å²) >= 11 is 0. The van der Waals surface area contributed by atoms with E-state index in [1.807, 2.05) is 0 Å². The molecule has 0 spiro atoms. The first kappa shape index (κ1) is 15.5. The highest BCUT2D eigenvalue weighted by Crippen LogP contribution is 2.09. The first-order chi connectivity index (χ1) is 7.81. The van der Waals surface area contributed by atoms with E-state index in [1.165, 1.54) is 69.8 Å². The van der Waals surface area contributed by atoms with Gasteiger partial charge in [-0.2, -0.15) is 0 Å². The van der Waals surface area contributed by atoms with Crippen LogP contribution >= 0.6 is 0 Å². The molecule has 94 valence electrons. The van der Waals surface area contributed by atoms with E-state index >= 15 is 0 Å². The van der Waals surface area contributed by atoms with Crippen LogP contribution in [0.4, 0.5) is 0 Å². The lowest BCUT2D eigenvalue weighted by Gasteiger charge is -1.97. The molecular weight excluding hydrogens is 192 g/mol. The summed E-state index contributed by atoms with van der Waals surface area (Å²) in [4.78, 5) is 0. The second-order valence-corrected chi connectivity index (χ2v) is 4.79. The molecule has 0 heterocycles. The van der Waals surface area contributed by atoms with Gasteiger partial charge < -0.3 is 0 Å². The number of hydrogen-bond donors (Lipinski definition) is 0. The molecule has 0 aromatic rings. The van der Waals surface area contributed by atoms with Gasteiger partial charge >= 0.3 is 0 Å². The Kier molecular flexibility index (Phi) is 12.2. The van der Waals surface area contributed by atoms with Gasteiger partial charge in [0.05, 0.1) is 0 Å². The SMILES string of the molecule is CCCCCCC=C=C(C)CCCCCC. The predicted octanol–water partition coefficient (Wildman–Crippen LogP) is 6.03. The average Bonchev–Trinajstić information content (AvgIpc) is 2.29. The zero-order valence-electron chi connectivity index (χ0n) is 11.6. The molecule has 0 atom stereocenters. The molecule has 0 saturated carbocycles. The Morgan fingerprint density at radius 3 is 2.12 bits per heavy atom. The van der Waals surface area contributed by atoms with Gasteiger partial charge in [0, 0.05) is 0 Å². The molecule has 0 rings (SSSR count). The average molecular weight is 222 g/mol. The van der Waals surface area contributed by atoms with Crippen molar-refractivity contribution < 1.29 is 0 Å². The van der Waals surface area contributed by atoms with E-state index in [4.69, 9.17) is 0 Å². The predicted molar refractivity (Wildman–Crippen MR) is 74.8 cm³/mol. The highest BCUT2D eigenvalue weighted by Gasteiger charge is 1.89. The van der Waals surface area contributed by atoms with Crippen LogP contribution in [0.25, 0.3) is 0 Å². The van der Waals surface area contributed by atoms with Crippen LogP contribution in [-0.2, 0) is 0 Å².